The van der Waals surface area contributed by atoms with E-state index in [1.54, 1.807) is 0 Å². The van der Waals surface area contributed by atoms with E-state index in [1.165, 1.54) is 0 Å². The lowest BCUT2D eigenvalue weighted by Gasteiger charge is -2.34. The first-order valence-corrected chi connectivity index (χ1v) is 6.28. The fourth-order valence-electron chi connectivity index (χ4n) is 1.60. The monoisotopic (exact) mass is 299 g/mol. The van der Waals surface area contributed by atoms with E-state index in [-0.39, 0.29) is 12.0 Å². The maximum absolute atomic E-state index is 10.8. The summed E-state index contributed by atoms with van der Waals surface area (Å²) in [6.45, 7) is 4.61. The van der Waals surface area contributed by atoms with E-state index in [1.807, 2.05) is 45.2 Å². The summed E-state index contributed by atoms with van der Waals surface area (Å²) >= 11 is 3.50. The summed E-state index contributed by atoms with van der Waals surface area (Å²) < 4.78 is 1.05. The molecule has 0 amide bonds. The third kappa shape index (κ3) is 4.13. The van der Waals surface area contributed by atoms with Gasteiger partial charge in [-0.25, -0.2) is 0 Å². The molecule has 0 aliphatic heterocycles. The molecule has 0 atom stereocenters. The maximum Gasteiger partial charge on any atom is 0.305 e. The Hall–Kier alpha value is -0.870. The summed E-state index contributed by atoms with van der Waals surface area (Å²) in [5.74, 6) is -0.769. The van der Waals surface area contributed by atoms with Crippen molar-refractivity contribution >= 4 is 21.9 Å². The summed E-state index contributed by atoms with van der Waals surface area (Å²) in [4.78, 5) is 12.9. The van der Waals surface area contributed by atoms with Crippen LogP contribution in [0.25, 0.3) is 0 Å². The quantitative estimate of drug-likeness (QED) is 0.908. The Bertz CT molecular complexity index is 404. The molecule has 0 heterocycles. The molecule has 0 bridgehead atoms. The minimum absolute atomic E-state index is 0.133. The molecule has 0 radical (unpaired) electrons. The number of aliphatic carboxylic acids is 1. The zero-order valence-corrected chi connectivity index (χ0v) is 12.0. The number of hydrogen-bond donors (Lipinski definition) is 1. The predicted molar refractivity (Wildman–Crippen MR) is 71.9 cm³/mol. The van der Waals surface area contributed by atoms with Crippen molar-refractivity contribution in [1.82, 2.24) is 4.90 Å². The summed E-state index contributed by atoms with van der Waals surface area (Å²) in [6.07, 6.45) is 0.133. The van der Waals surface area contributed by atoms with Crippen molar-refractivity contribution < 1.29 is 9.90 Å². The fourth-order valence-corrected chi connectivity index (χ4v) is 2.01. The predicted octanol–water partition coefficient (Wildman–Crippen LogP) is 3.13. The number of rotatable bonds is 5. The van der Waals surface area contributed by atoms with Crippen LogP contribution in [0, 0.1) is 0 Å². The van der Waals surface area contributed by atoms with Crippen molar-refractivity contribution in [3.05, 3.63) is 34.3 Å². The Labute approximate surface area is 111 Å². The summed E-state index contributed by atoms with van der Waals surface area (Å²) in [5, 5.41) is 8.88. The smallest absolute Gasteiger partial charge is 0.305 e. The molecule has 94 valence electrons. The first-order valence-electron chi connectivity index (χ1n) is 5.49. The lowest BCUT2D eigenvalue weighted by Crippen LogP contribution is -2.42. The van der Waals surface area contributed by atoms with Gasteiger partial charge in [-0.05, 0) is 32.5 Å². The highest BCUT2D eigenvalue weighted by Crippen LogP contribution is 2.23. The minimum Gasteiger partial charge on any atom is -0.481 e. The number of carbonyl (C=O) groups is 1. The molecule has 0 saturated carbocycles. The van der Waals surface area contributed by atoms with Gasteiger partial charge in [0.15, 0.2) is 0 Å². The normalized spacial score (nSPS) is 11.8. The molecular formula is C13H18BrNO2. The number of hydrogen-bond acceptors (Lipinski definition) is 2. The number of nitrogens with zero attached hydrogens (tertiary/aromatic N) is 1. The van der Waals surface area contributed by atoms with E-state index in [4.69, 9.17) is 5.11 Å². The van der Waals surface area contributed by atoms with E-state index < -0.39 is 5.97 Å². The van der Waals surface area contributed by atoms with E-state index in [2.05, 4.69) is 20.8 Å². The molecule has 4 heteroatoms. The molecule has 0 spiro atoms. The van der Waals surface area contributed by atoms with Gasteiger partial charge in [-0.15, -0.1) is 0 Å². The van der Waals surface area contributed by atoms with Crippen LogP contribution in [0.1, 0.15) is 25.8 Å². The van der Waals surface area contributed by atoms with E-state index in [0.29, 0.717) is 0 Å². The van der Waals surface area contributed by atoms with Crippen LogP contribution < -0.4 is 0 Å². The average Bonchev–Trinajstić information content (AvgIpc) is 2.19. The van der Waals surface area contributed by atoms with Crippen LogP contribution in [0.3, 0.4) is 0 Å². The van der Waals surface area contributed by atoms with Gasteiger partial charge in [0.1, 0.15) is 0 Å². The number of carboxylic acids is 1. The summed E-state index contributed by atoms with van der Waals surface area (Å²) in [7, 11) is 1.95. The van der Waals surface area contributed by atoms with E-state index >= 15 is 0 Å². The second-order valence-corrected chi connectivity index (χ2v) is 5.68. The van der Waals surface area contributed by atoms with Crippen molar-refractivity contribution in [2.24, 2.45) is 0 Å². The number of halogens is 1. The Morgan fingerprint density at radius 3 is 2.53 bits per heavy atom. The highest BCUT2D eigenvalue weighted by Gasteiger charge is 2.26. The van der Waals surface area contributed by atoms with Crippen LogP contribution in [0.15, 0.2) is 28.7 Å². The largest absolute Gasteiger partial charge is 0.481 e. The first-order chi connectivity index (χ1) is 7.83. The van der Waals surface area contributed by atoms with Crippen molar-refractivity contribution in [2.45, 2.75) is 32.4 Å². The second-order valence-electron chi connectivity index (χ2n) is 4.83. The lowest BCUT2D eigenvalue weighted by molar-refractivity contribution is -0.139. The highest BCUT2D eigenvalue weighted by atomic mass is 79.9. The molecule has 0 aliphatic carbocycles. The van der Waals surface area contributed by atoms with Gasteiger partial charge in [-0.3, -0.25) is 9.69 Å². The average molecular weight is 300 g/mol. The molecule has 0 fully saturated rings. The Morgan fingerprint density at radius 1 is 1.41 bits per heavy atom. The van der Waals surface area contributed by atoms with Crippen LogP contribution in [0.5, 0.6) is 0 Å². The molecule has 17 heavy (non-hydrogen) atoms. The number of benzene rings is 1. The standard InChI is InChI=1S/C13H18BrNO2/c1-13(2,8-12(16)17)15(3)9-10-6-4-5-7-11(10)14/h4-7H,8-9H2,1-3H3,(H,16,17). The van der Waals surface area contributed by atoms with Gasteiger partial charge in [-0.1, -0.05) is 34.1 Å². The van der Waals surface area contributed by atoms with Crippen LogP contribution >= 0.6 is 15.9 Å². The third-order valence-electron chi connectivity index (χ3n) is 2.98. The maximum atomic E-state index is 10.8. The van der Waals surface area contributed by atoms with E-state index in [9.17, 15) is 4.79 Å². The fraction of sp³-hybridized carbons (Fsp3) is 0.462. The second kappa shape index (κ2) is 5.65. The molecule has 1 rings (SSSR count). The van der Waals surface area contributed by atoms with Crippen LogP contribution in [-0.2, 0) is 11.3 Å². The number of carboxylic acid groups (broad SMARTS) is 1. The summed E-state index contributed by atoms with van der Waals surface area (Å²) in [6, 6.07) is 7.99. The van der Waals surface area contributed by atoms with Crippen LogP contribution in [0.4, 0.5) is 0 Å². The molecular weight excluding hydrogens is 282 g/mol. The van der Waals surface area contributed by atoms with Gasteiger partial charge in [0.2, 0.25) is 0 Å². The SMILES string of the molecule is CN(Cc1ccccc1Br)C(C)(C)CC(=O)O. The summed E-state index contributed by atoms with van der Waals surface area (Å²) in [5.41, 5.74) is 0.801. The van der Waals surface area contributed by atoms with Gasteiger partial charge < -0.3 is 5.11 Å². The van der Waals surface area contributed by atoms with Crippen molar-refractivity contribution in [2.75, 3.05) is 7.05 Å². The molecule has 0 aromatic heterocycles. The lowest BCUT2D eigenvalue weighted by atomic mass is 9.98. The third-order valence-corrected chi connectivity index (χ3v) is 3.76. The van der Waals surface area contributed by atoms with Gasteiger partial charge in [0.25, 0.3) is 0 Å². The van der Waals surface area contributed by atoms with Gasteiger partial charge >= 0.3 is 5.97 Å². The molecule has 0 aliphatic rings. The Morgan fingerprint density at radius 2 is 2.00 bits per heavy atom. The minimum atomic E-state index is -0.769. The van der Waals surface area contributed by atoms with Gasteiger partial charge in [-0.2, -0.15) is 0 Å². The van der Waals surface area contributed by atoms with Gasteiger partial charge in [0.05, 0.1) is 6.42 Å². The molecule has 3 nitrogen and oxygen atoms in total. The molecule has 1 N–H and O–H groups in total. The Kier molecular flexibility index (Phi) is 4.71. The topological polar surface area (TPSA) is 40.5 Å². The van der Waals surface area contributed by atoms with Crippen LogP contribution in [-0.4, -0.2) is 28.6 Å². The van der Waals surface area contributed by atoms with Crippen molar-refractivity contribution in [3.63, 3.8) is 0 Å². The molecule has 1 aromatic rings. The zero-order chi connectivity index (χ0) is 13.1. The molecule has 0 unspecified atom stereocenters. The molecule has 0 saturated heterocycles. The highest BCUT2D eigenvalue weighted by molar-refractivity contribution is 9.10. The molecule has 1 aromatic carbocycles. The zero-order valence-electron chi connectivity index (χ0n) is 10.4. The van der Waals surface area contributed by atoms with Crippen LogP contribution in [0.2, 0.25) is 0 Å². The Balaban J connectivity index is 2.75. The van der Waals surface area contributed by atoms with Crippen molar-refractivity contribution in [1.29, 1.82) is 0 Å². The van der Waals surface area contributed by atoms with Gasteiger partial charge in [0, 0.05) is 16.6 Å². The van der Waals surface area contributed by atoms with E-state index in [0.717, 1.165) is 16.6 Å². The van der Waals surface area contributed by atoms with Crippen molar-refractivity contribution in [3.8, 4) is 0 Å². The first kappa shape index (κ1) is 14.2.